The molecule has 4 nitrogen and oxygen atoms in total. The van der Waals surface area contributed by atoms with E-state index in [1.165, 1.54) is 12.8 Å². The molecule has 18 heavy (non-hydrogen) atoms. The molecule has 1 atom stereocenters. The standard InChI is InChI=1S/C13H24N4S/c1-9(2)12-15-13(18-16-12)17-7-5-6-11(17)8-14-10(3)4/h9-11,14H,5-8H2,1-4H3. The second-order valence-corrected chi connectivity index (χ2v) is 6.37. The summed E-state index contributed by atoms with van der Waals surface area (Å²) >= 11 is 1.55. The first-order valence-electron chi connectivity index (χ1n) is 6.91. The van der Waals surface area contributed by atoms with E-state index in [0.717, 1.165) is 24.0 Å². The topological polar surface area (TPSA) is 41.0 Å². The molecule has 102 valence electrons. The SMILES string of the molecule is CC(C)NCC1CCCN1c1nc(C(C)C)ns1. The Balaban J connectivity index is 2.01. The van der Waals surface area contributed by atoms with Crippen molar-refractivity contribution in [1.29, 1.82) is 0 Å². The van der Waals surface area contributed by atoms with E-state index in [9.17, 15) is 0 Å². The van der Waals surface area contributed by atoms with Gasteiger partial charge in [-0.3, -0.25) is 0 Å². The fourth-order valence-electron chi connectivity index (χ4n) is 2.25. The van der Waals surface area contributed by atoms with E-state index in [1.54, 1.807) is 11.5 Å². The lowest BCUT2D eigenvalue weighted by Gasteiger charge is -2.24. The molecule has 2 rings (SSSR count). The van der Waals surface area contributed by atoms with Crippen molar-refractivity contribution in [3.05, 3.63) is 5.82 Å². The molecule has 1 fully saturated rings. The summed E-state index contributed by atoms with van der Waals surface area (Å²) in [6.45, 7) is 10.9. The highest BCUT2D eigenvalue weighted by Gasteiger charge is 2.27. The average molecular weight is 268 g/mol. The van der Waals surface area contributed by atoms with Gasteiger partial charge in [0.1, 0.15) is 5.82 Å². The fourth-order valence-corrected chi connectivity index (χ4v) is 3.16. The molecule has 5 heteroatoms. The van der Waals surface area contributed by atoms with Crippen molar-refractivity contribution < 1.29 is 0 Å². The molecule has 1 unspecified atom stereocenters. The largest absolute Gasteiger partial charge is 0.343 e. The summed E-state index contributed by atoms with van der Waals surface area (Å²) in [5, 5.41) is 4.63. The molecular weight excluding hydrogens is 244 g/mol. The molecule has 1 aromatic rings. The van der Waals surface area contributed by atoms with Crippen molar-refractivity contribution in [1.82, 2.24) is 14.7 Å². The molecule has 0 aromatic carbocycles. The normalized spacial score (nSPS) is 20.3. The molecule has 1 aromatic heterocycles. The van der Waals surface area contributed by atoms with E-state index < -0.39 is 0 Å². The van der Waals surface area contributed by atoms with E-state index in [0.29, 0.717) is 18.0 Å². The first-order valence-corrected chi connectivity index (χ1v) is 7.69. The predicted octanol–water partition coefficient (Wildman–Crippen LogP) is 2.63. The molecule has 0 saturated carbocycles. The maximum absolute atomic E-state index is 4.67. The van der Waals surface area contributed by atoms with Crippen LogP contribution in [0.5, 0.6) is 0 Å². The molecule has 1 saturated heterocycles. The molecule has 0 aliphatic carbocycles. The van der Waals surface area contributed by atoms with Crippen LogP contribution in [0.25, 0.3) is 0 Å². The number of aromatic nitrogens is 2. The number of nitrogens with zero attached hydrogens (tertiary/aromatic N) is 3. The van der Waals surface area contributed by atoms with Crippen LogP contribution in [0.1, 0.15) is 52.3 Å². The average Bonchev–Trinajstić information content (AvgIpc) is 2.94. The van der Waals surface area contributed by atoms with Crippen molar-refractivity contribution in [2.24, 2.45) is 0 Å². The minimum absolute atomic E-state index is 0.421. The molecular formula is C13H24N4S. The summed E-state index contributed by atoms with van der Waals surface area (Å²) in [5.41, 5.74) is 0. The van der Waals surface area contributed by atoms with E-state index in [2.05, 4.69) is 47.3 Å². The maximum Gasteiger partial charge on any atom is 0.205 e. The summed E-state index contributed by atoms with van der Waals surface area (Å²) in [6.07, 6.45) is 2.53. The quantitative estimate of drug-likeness (QED) is 0.891. The number of rotatable bonds is 5. The maximum atomic E-state index is 4.67. The highest BCUT2D eigenvalue weighted by molar-refractivity contribution is 7.09. The number of hydrogen-bond donors (Lipinski definition) is 1. The Kier molecular flexibility index (Phi) is 4.56. The zero-order valence-electron chi connectivity index (χ0n) is 11.8. The smallest absolute Gasteiger partial charge is 0.205 e. The van der Waals surface area contributed by atoms with Gasteiger partial charge in [-0.25, -0.2) is 4.98 Å². The Bertz CT molecular complexity index is 375. The van der Waals surface area contributed by atoms with E-state index >= 15 is 0 Å². The summed E-state index contributed by atoms with van der Waals surface area (Å²) in [4.78, 5) is 7.10. The third-order valence-electron chi connectivity index (χ3n) is 3.33. The highest BCUT2D eigenvalue weighted by Crippen LogP contribution is 2.28. The monoisotopic (exact) mass is 268 g/mol. The van der Waals surface area contributed by atoms with Gasteiger partial charge in [-0.1, -0.05) is 27.7 Å². The van der Waals surface area contributed by atoms with Crippen LogP contribution in [-0.4, -0.2) is 34.5 Å². The van der Waals surface area contributed by atoms with Crippen LogP contribution in [-0.2, 0) is 0 Å². The van der Waals surface area contributed by atoms with Gasteiger partial charge in [-0.2, -0.15) is 4.37 Å². The van der Waals surface area contributed by atoms with Crippen LogP contribution >= 0.6 is 11.5 Å². The minimum atomic E-state index is 0.421. The van der Waals surface area contributed by atoms with Crippen LogP contribution < -0.4 is 10.2 Å². The minimum Gasteiger partial charge on any atom is -0.343 e. The van der Waals surface area contributed by atoms with Gasteiger partial charge in [0, 0.05) is 42.6 Å². The molecule has 1 aliphatic heterocycles. The van der Waals surface area contributed by atoms with Gasteiger partial charge in [0.15, 0.2) is 0 Å². The Morgan fingerprint density at radius 2 is 2.17 bits per heavy atom. The van der Waals surface area contributed by atoms with Gasteiger partial charge in [0.2, 0.25) is 5.13 Å². The third kappa shape index (κ3) is 3.20. The van der Waals surface area contributed by atoms with Crippen LogP contribution in [0.4, 0.5) is 5.13 Å². The van der Waals surface area contributed by atoms with E-state index in [-0.39, 0.29) is 0 Å². The van der Waals surface area contributed by atoms with Crippen LogP contribution in [0.15, 0.2) is 0 Å². The van der Waals surface area contributed by atoms with Crippen molar-refractivity contribution in [2.75, 3.05) is 18.0 Å². The molecule has 0 bridgehead atoms. The molecule has 0 radical (unpaired) electrons. The molecule has 0 amide bonds. The molecule has 2 heterocycles. The lowest BCUT2D eigenvalue weighted by atomic mass is 10.2. The Labute approximate surface area is 114 Å². The number of hydrogen-bond acceptors (Lipinski definition) is 5. The predicted molar refractivity (Wildman–Crippen MR) is 77.5 cm³/mol. The fraction of sp³-hybridized carbons (Fsp3) is 0.846. The molecule has 1 N–H and O–H groups in total. The summed E-state index contributed by atoms with van der Waals surface area (Å²) in [7, 11) is 0. The van der Waals surface area contributed by atoms with Gasteiger partial charge in [0.25, 0.3) is 0 Å². The summed E-state index contributed by atoms with van der Waals surface area (Å²) in [5.74, 6) is 1.40. The molecule has 1 aliphatic rings. The lowest BCUT2D eigenvalue weighted by molar-refractivity contribution is 0.523. The van der Waals surface area contributed by atoms with Gasteiger partial charge in [-0.15, -0.1) is 0 Å². The van der Waals surface area contributed by atoms with E-state index in [4.69, 9.17) is 0 Å². The van der Waals surface area contributed by atoms with Gasteiger partial charge in [0.05, 0.1) is 0 Å². The Hall–Kier alpha value is -0.680. The highest BCUT2D eigenvalue weighted by atomic mass is 32.1. The Morgan fingerprint density at radius 3 is 2.78 bits per heavy atom. The zero-order chi connectivity index (χ0) is 13.1. The lowest BCUT2D eigenvalue weighted by Crippen LogP contribution is -2.40. The number of anilines is 1. The van der Waals surface area contributed by atoms with Crippen LogP contribution in [0.3, 0.4) is 0 Å². The van der Waals surface area contributed by atoms with Crippen molar-refractivity contribution in [3.63, 3.8) is 0 Å². The second kappa shape index (κ2) is 5.97. The summed E-state index contributed by atoms with van der Waals surface area (Å²) < 4.78 is 4.46. The first-order chi connectivity index (χ1) is 8.58. The first kappa shape index (κ1) is 13.7. The van der Waals surface area contributed by atoms with Crippen LogP contribution in [0, 0.1) is 0 Å². The van der Waals surface area contributed by atoms with Gasteiger partial charge < -0.3 is 10.2 Å². The summed E-state index contributed by atoms with van der Waals surface area (Å²) in [6, 6.07) is 1.13. The van der Waals surface area contributed by atoms with Crippen LogP contribution in [0.2, 0.25) is 0 Å². The van der Waals surface area contributed by atoms with Gasteiger partial charge >= 0.3 is 0 Å². The Morgan fingerprint density at radius 1 is 1.39 bits per heavy atom. The second-order valence-electron chi connectivity index (χ2n) is 5.64. The van der Waals surface area contributed by atoms with E-state index in [1.807, 2.05) is 0 Å². The van der Waals surface area contributed by atoms with Crippen molar-refractivity contribution >= 4 is 16.7 Å². The molecule has 0 spiro atoms. The third-order valence-corrected chi connectivity index (χ3v) is 4.10. The van der Waals surface area contributed by atoms with Crippen molar-refractivity contribution in [3.8, 4) is 0 Å². The number of nitrogens with one attached hydrogen (secondary N) is 1. The zero-order valence-corrected chi connectivity index (χ0v) is 12.6. The van der Waals surface area contributed by atoms with Crippen molar-refractivity contribution in [2.45, 2.75) is 58.5 Å². The van der Waals surface area contributed by atoms with Gasteiger partial charge in [-0.05, 0) is 12.8 Å².